The lowest BCUT2D eigenvalue weighted by molar-refractivity contribution is 0.0176. The van der Waals surface area contributed by atoms with Crippen molar-refractivity contribution in [3.8, 4) is 17.0 Å². The molecule has 1 saturated heterocycles. The van der Waals surface area contributed by atoms with Gasteiger partial charge in [-0.15, -0.1) is 0 Å². The third kappa shape index (κ3) is 3.53. The number of amides is 1. The van der Waals surface area contributed by atoms with Crippen LogP contribution in [0.5, 0.6) is 5.75 Å². The quantitative estimate of drug-likeness (QED) is 0.656. The lowest BCUT2D eigenvalue weighted by Gasteiger charge is -2.39. The molecule has 0 atom stereocenters. The van der Waals surface area contributed by atoms with Gasteiger partial charge >= 0.3 is 0 Å². The van der Waals surface area contributed by atoms with Gasteiger partial charge in [-0.2, -0.15) is 0 Å². The molecule has 1 fully saturated rings. The molecule has 1 aromatic carbocycles. The Morgan fingerprint density at radius 3 is 2.66 bits per heavy atom. The Labute approximate surface area is 172 Å². The smallest absolute Gasteiger partial charge is 0.260 e. The summed E-state index contributed by atoms with van der Waals surface area (Å²) in [6, 6.07) is 10.5. The van der Waals surface area contributed by atoms with Gasteiger partial charge < -0.3 is 18.7 Å². The van der Waals surface area contributed by atoms with Crippen molar-refractivity contribution >= 4 is 17.5 Å². The zero-order chi connectivity index (χ0) is 20.7. The second-order valence-corrected chi connectivity index (χ2v) is 7.53. The first-order valence-corrected chi connectivity index (χ1v) is 9.57. The zero-order valence-corrected chi connectivity index (χ0v) is 17.1. The van der Waals surface area contributed by atoms with E-state index in [4.69, 9.17) is 20.9 Å². The Morgan fingerprint density at radius 2 is 1.97 bits per heavy atom. The van der Waals surface area contributed by atoms with E-state index in [2.05, 4.69) is 5.16 Å². The van der Waals surface area contributed by atoms with E-state index in [0.29, 0.717) is 46.4 Å². The summed E-state index contributed by atoms with van der Waals surface area (Å²) in [5.74, 6) is 0.774. The maximum absolute atomic E-state index is 13.0. The van der Waals surface area contributed by atoms with Crippen molar-refractivity contribution in [3.05, 3.63) is 68.8 Å². The van der Waals surface area contributed by atoms with Gasteiger partial charge in [0.15, 0.2) is 0 Å². The molecule has 0 aliphatic carbocycles. The molecule has 0 N–H and O–H groups in total. The van der Waals surface area contributed by atoms with Gasteiger partial charge in [0.25, 0.3) is 11.5 Å². The first kappa shape index (κ1) is 19.3. The van der Waals surface area contributed by atoms with Crippen LogP contribution in [0.25, 0.3) is 11.3 Å². The lowest BCUT2D eigenvalue weighted by Crippen LogP contribution is -2.56. The number of halogens is 1. The molecule has 3 aromatic rings. The van der Waals surface area contributed by atoms with E-state index in [1.54, 1.807) is 35.6 Å². The number of pyridine rings is 1. The molecule has 1 amide bonds. The predicted molar refractivity (Wildman–Crippen MR) is 108 cm³/mol. The molecule has 0 radical (unpaired) electrons. The van der Waals surface area contributed by atoms with Crippen LogP contribution in [-0.2, 0) is 7.05 Å². The number of likely N-dealkylation sites (tertiary alicyclic amines) is 1. The maximum Gasteiger partial charge on any atom is 0.260 e. The number of aryl methyl sites for hydroxylation is 2. The third-order valence-corrected chi connectivity index (χ3v) is 5.45. The minimum Gasteiger partial charge on any atom is -0.486 e. The number of rotatable bonds is 4. The summed E-state index contributed by atoms with van der Waals surface area (Å²) in [5, 5.41) is 4.55. The average Bonchev–Trinajstić information content (AvgIpc) is 3.03. The van der Waals surface area contributed by atoms with Crippen molar-refractivity contribution in [2.75, 3.05) is 13.1 Å². The second-order valence-electron chi connectivity index (χ2n) is 7.12. The number of nitrogens with zero attached hydrogens (tertiary/aromatic N) is 3. The fourth-order valence-electron chi connectivity index (χ4n) is 3.29. The van der Waals surface area contributed by atoms with Crippen LogP contribution in [0, 0.1) is 13.8 Å². The molecule has 150 valence electrons. The summed E-state index contributed by atoms with van der Waals surface area (Å²) in [6.07, 6.45) is -0.172. The fraction of sp³-hybridized carbons (Fsp3) is 0.286. The van der Waals surface area contributed by atoms with Gasteiger partial charge in [-0.1, -0.05) is 35.0 Å². The molecule has 0 unspecified atom stereocenters. The van der Waals surface area contributed by atoms with E-state index < -0.39 is 0 Å². The number of hydrogen-bond donors (Lipinski definition) is 0. The van der Waals surface area contributed by atoms with Gasteiger partial charge in [0, 0.05) is 24.4 Å². The van der Waals surface area contributed by atoms with Crippen LogP contribution in [-0.4, -0.2) is 39.7 Å². The molecule has 3 heterocycles. The van der Waals surface area contributed by atoms with Crippen LogP contribution in [0.4, 0.5) is 0 Å². The van der Waals surface area contributed by atoms with E-state index in [-0.39, 0.29) is 17.6 Å². The lowest BCUT2D eigenvalue weighted by atomic mass is 10.0. The van der Waals surface area contributed by atoms with Gasteiger partial charge in [0.2, 0.25) is 0 Å². The number of aromatic nitrogens is 2. The van der Waals surface area contributed by atoms with Crippen LogP contribution in [0.1, 0.15) is 21.8 Å². The van der Waals surface area contributed by atoms with Crippen LogP contribution < -0.4 is 10.3 Å². The van der Waals surface area contributed by atoms with E-state index in [9.17, 15) is 9.59 Å². The summed E-state index contributed by atoms with van der Waals surface area (Å²) in [7, 11) is 1.71. The van der Waals surface area contributed by atoms with Crippen LogP contribution in [0.2, 0.25) is 5.02 Å². The standard InChI is InChI=1S/C21H20ClN3O4/c1-12-8-14(9-18(26)24(12)3)28-15-10-25(11-15)21(27)19-13(2)29-23-20(19)16-6-4-5-7-17(16)22/h4-9,15H,10-11H2,1-3H3. The Balaban J connectivity index is 1.49. The number of carbonyl (C=O) groups excluding carboxylic acids is 1. The van der Waals surface area contributed by atoms with Gasteiger partial charge in [-0.25, -0.2) is 0 Å². The highest BCUT2D eigenvalue weighted by Crippen LogP contribution is 2.32. The molecule has 0 spiro atoms. The summed E-state index contributed by atoms with van der Waals surface area (Å²) < 4.78 is 12.7. The molecule has 0 bridgehead atoms. The minimum atomic E-state index is -0.182. The topological polar surface area (TPSA) is 77.6 Å². The molecule has 29 heavy (non-hydrogen) atoms. The van der Waals surface area contributed by atoms with E-state index in [1.807, 2.05) is 25.1 Å². The van der Waals surface area contributed by atoms with Crippen molar-refractivity contribution in [1.82, 2.24) is 14.6 Å². The molecule has 8 heteroatoms. The van der Waals surface area contributed by atoms with E-state index >= 15 is 0 Å². The van der Waals surface area contributed by atoms with Crippen LogP contribution >= 0.6 is 11.6 Å². The van der Waals surface area contributed by atoms with Gasteiger partial charge in [0.1, 0.15) is 28.9 Å². The summed E-state index contributed by atoms with van der Waals surface area (Å²) >= 11 is 6.27. The minimum absolute atomic E-state index is 0.128. The number of benzene rings is 1. The largest absolute Gasteiger partial charge is 0.486 e. The highest BCUT2D eigenvalue weighted by atomic mass is 35.5. The first-order valence-electron chi connectivity index (χ1n) is 9.20. The van der Waals surface area contributed by atoms with E-state index in [0.717, 1.165) is 5.69 Å². The Morgan fingerprint density at radius 1 is 1.24 bits per heavy atom. The SMILES string of the molecule is Cc1onc(-c2ccccc2Cl)c1C(=O)N1CC(Oc2cc(C)n(C)c(=O)c2)C1. The molecule has 1 aliphatic rings. The van der Waals surface area contributed by atoms with Crippen molar-refractivity contribution in [1.29, 1.82) is 0 Å². The van der Waals surface area contributed by atoms with Crippen molar-refractivity contribution < 1.29 is 14.1 Å². The Bertz CT molecular complexity index is 1150. The number of carbonyl (C=O) groups is 1. The summed E-state index contributed by atoms with van der Waals surface area (Å²) in [6.45, 7) is 4.38. The predicted octanol–water partition coefficient (Wildman–Crippen LogP) is 3.21. The molecule has 0 saturated carbocycles. The van der Waals surface area contributed by atoms with Crippen LogP contribution in [0.15, 0.2) is 45.7 Å². The number of ether oxygens (including phenoxy) is 1. The fourth-order valence-corrected chi connectivity index (χ4v) is 3.52. The molecule has 7 nitrogen and oxygen atoms in total. The molecular formula is C21H20ClN3O4. The van der Waals surface area contributed by atoms with Gasteiger partial charge in [-0.3, -0.25) is 9.59 Å². The van der Waals surface area contributed by atoms with E-state index in [1.165, 1.54) is 6.07 Å². The van der Waals surface area contributed by atoms with Crippen molar-refractivity contribution in [3.63, 3.8) is 0 Å². The van der Waals surface area contributed by atoms with Crippen molar-refractivity contribution in [2.24, 2.45) is 7.05 Å². The zero-order valence-electron chi connectivity index (χ0n) is 16.3. The summed E-state index contributed by atoms with van der Waals surface area (Å²) in [4.78, 5) is 26.6. The second kappa shape index (κ2) is 7.40. The van der Waals surface area contributed by atoms with Gasteiger partial charge in [-0.05, 0) is 26.0 Å². The van der Waals surface area contributed by atoms with Crippen molar-refractivity contribution in [2.45, 2.75) is 20.0 Å². The Hall–Kier alpha value is -3.06. The normalized spacial score (nSPS) is 14.0. The molecule has 4 rings (SSSR count). The highest BCUT2D eigenvalue weighted by Gasteiger charge is 2.36. The average molecular weight is 414 g/mol. The molecule has 2 aromatic heterocycles. The summed E-state index contributed by atoms with van der Waals surface area (Å²) in [5.41, 5.74) is 2.17. The molecule has 1 aliphatic heterocycles. The maximum atomic E-state index is 13.0. The van der Waals surface area contributed by atoms with Gasteiger partial charge in [0.05, 0.1) is 18.1 Å². The monoisotopic (exact) mass is 413 g/mol. The molecular weight excluding hydrogens is 394 g/mol. The first-order chi connectivity index (χ1) is 13.8. The van der Waals surface area contributed by atoms with Crippen LogP contribution in [0.3, 0.4) is 0 Å². The number of hydrogen-bond acceptors (Lipinski definition) is 5. The third-order valence-electron chi connectivity index (χ3n) is 5.12. The Kier molecular flexibility index (Phi) is 4.92. The highest BCUT2D eigenvalue weighted by molar-refractivity contribution is 6.33.